The average Bonchev–Trinajstić information content (AvgIpc) is 2.35. The van der Waals surface area contributed by atoms with E-state index in [2.05, 4.69) is 9.47 Å². The molecule has 0 saturated carbocycles. The zero-order chi connectivity index (χ0) is 17.0. The van der Waals surface area contributed by atoms with E-state index in [4.69, 9.17) is 0 Å². The van der Waals surface area contributed by atoms with Crippen molar-refractivity contribution >= 4 is 23.5 Å². The maximum absolute atomic E-state index is 10.6. The highest BCUT2D eigenvalue weighted by molar-refractivity contribution is 6.32. The zero-order valence-electron chi connectivity index (χ0n) is 13.7. The van der Waals surface area contributed by atoms with Crippen LogP contribution in [0.3, 0.4) is 0 Å². The zero-order valence-corrected chi connectivity index (χ0v) is 13.7. The number of Topliss-reactive ketones (excluding diaryl/α,β-unsaturated/α-hetero) is 2. The van der Waals surface area contributed by atoms with E-state index in [-0.39, 0.29) is 5.92 Å². The van der Waals surface area contributed by atoms with E-state index in [0.29, 0.717) is 19.1 Å². The first kappa shape index (κ1) is 21.6. The van der Waals surface area contributed by atoms with E-state index in [0.717, 1.165) is 6.42 Å². The lowest BCUT2D eigenvalue weighted by atomic mass is 10.1. The van der Waals surface area contributed by atoms with Crippen molar-refractivity contribution in [3.63, 3.8) is 0 Å². The summed E-state index contributed by atoms with van der Waals surface area (Å²) in [5.41, 5.74) is 0. The molecule has 0 aliphatic heterocycles. The second kappa shape index (κ2) is 12.1. The number of esters is 2. The predicted octanol–water partition coefficient (Wildman–Crippen LogP) is 1.94. The number of ether oxygens (including phenoxy) is 2. The highest BCUT2D eigenvalue weighted by Gasteiger charge is 2.09. The van der Waals surface area contributed by atoms with Crippen molar-refractivity contribution in [3.05, 3.63) is 0 Å². The monoisotopic (exact) mass is 302 g/mol. The number of rotatable bonds is 7. The van der Waals surface area contributed by atoms with Crippen molar-refractivity contribution < 1.29 is 28.7 Å². The third-order valence-corrected chi connectivity index (χ3v) is 2.05. The lowest BCUT2D eigenvalue weighted by Crippen LogP contribution is -2.16. The Morgan fingerprint density at radius 1 is 0.762 bits per heavy atom. The fourth-order valence-corrected chi connectivity index (χ4v) is 0.833. The van der Waals surface area contributed by atoms with Crippen LogP contribution in [0.5, 0.6) is 0 Å². The van der Waals surface area contributed by atoms with Gasteiger partial charge in [0.1, 0.15) is 0 Å². The quantitative estimate of drug-likeness (QED) is 0.527. The van der Waals surface area contributed by atoms with Crippen LogP contribution >= 0.6 is 0 Å². The van der Waals surface area contributed by atoms with Gasteiger partial charge in [0.15, 0.2) is 0 Å². The molecule has 0 aromatic carbocycles. The van der Waals surface area contributed by atoms with Crippen molar-refractivity contribution in [1.29, 1.82) is 0 Å². The minimum atomic E-state index is -0.742. The number of hydrogen-bond acceptors (Lipinski definition) is 6. The lowest BCUT2D eigenvalue weighted by Gasteiger charge is -2.03. The molecule has 122 valence electrons. The Morgan fingerprint density at radius 2 is 1.19 bits per heavy atom. The molecule has 0 unspecified atom stereocenters. The molecule has 0 rings (SSSR count). The molecule has 0 aromatic heterocycles. The fourth-order valence-electron chi connectivity index (χ4n) is 0.833. The van der Waals surface area contributed by atoms with Gasteiger partial charge in [0.2, 0.25) is 11.6 Å². The Hall–Kier alpha value is -1.72. The number of hydrogen-bond donors (Lipinski definition) is 0. The molecular formula is C15H26O6. The second-order valence-electron chi connectivity index (χ2n) is 5.42. The summed E-state index contributed by atoms with van der Waals surface area (Å²) in [6, 6.07) is 0. The van der Waals surface area contributed by atoms with Crippen LogP contribution in [-0.4, -0.2) is 36.7 Å². The van der Waals surface area contributed by atoms with E-state index in [1.165, 1.54) is 13.8 Å². The Kier molecular flexibility index (Phi) is 12.4. The minimum Gasteiger partial charge on any atom is -0.460 e. The molecule has 0 spiro atoms. The van der Waals surface area contributed by atoms with Crippen LogP contribution in [-0.2, 0) is 28.7 Å². The van der Waals surface area contributed by atoms with Crippen LogP contribution in [0.1, 0.15) is 48.0 Å². The third kappa shape index (κ3) is 16.2. The van der Waals surface area contributed by atoms with E-state index < -0.39 is 23.5 Å². The molecule has 0 fully saturated rings. The molecule has 21 heavy (non-hydrogen) atoms. The molecule has 0 N–H and O–H groups in total. The molecule has 0 bridgehead atoms. The molecule has 6 heteroatoms. The second-order valence-corrected chi connectivity index (χ2v) is 5.42. The average molecular weight is 302 g/mol. The molecule has 0 aliphatic rings. The first-order chi connectivity index (χ1) is 9.57. The van der Waals surface area contributed by atoms with Gasteiger partial charge in [-0.05, 0) is 18.3 Å². The van der Waals surface area contributed by atoms with Gasteiger partial charge in [-0.2, -0.15) is 0 Å². The Labute approximate surface area is 126 Å². The topological polar surface area (TPSA) is 86.7 Å². The number of carbonyl (C=O) groups excluding carboxylic acids is 4. The highest BCUT2D eigenvalue weighted by Crippen LogP contribution is 1.98. The third-order valence-electron chi connectivity index (χ3n) is 2.05. The van der Waals surface area contributed by atoms with Gasteiger partial charge in [0.25, 0.3) is 0 Å². The molecular weight excluding hydrogens is 276 g/mol. The van der Waals surface area contributed by atoms with Crippen molar-refractivity contribution in [3.8, 4) is 0 Å². The fraction of sp³-hybridized carbons (Fsp3) is 0.733. The van der Waals surface area contributed by atoms with Crippen LogP contribution < -0.4 is 0 Å². The Morgan fingerprint density at radius 3 is 1.52 bits per heavy atom. The van der Waals surface area contributed by atoms with Crippen molar-refractivity contribution in [2.75, 3.05) is 13.2 Å². The summed E-state index contributed by atoms with van der Waals surface area (Å²) in [5.74, 6) is -1.77. The molecule has 0 aromatic rings. The SMILES string of the molecule is CC(=O)C(=O)OCC(C)C.CC(=O)C(=O)OCCC(C)C. The van der Waals surface area contributed by atoms with E-state index in [1.807, 2.05) is 27.7 Å². The van der Waals surface area contributed by atoms with Gasteiger partial charge in [0, 0.05) is 13.8 Å². The Bertz CT molecular complexity index is 357. The highest BCUT2D eigenvalue weighted by atomic mass is 16.5. The van der Waals surface area contributed by atoms with Gasteiger partial charge in [-0.3, -0.25) is 9.59 Å². The predicted molar refractivity (Wildman–Crippen MR) is 77.6 cm³/mol. The minimum absolute atomic E-state index is 0.281. The van der Waals surface area contributed by atoms with Crippen molar-refractivity contribution in [1.82, 2.24) is 0 Å². The largest absolute Gasteiger partial charge is 0.460 e. The number of ketones is 2. The first-order valence-electron chi connectivity index (χ1n) is 6.93. The smallest absolute Gasteiger partial charge is 0.374 e. The molecule has 0 radical (unpaired) electrons. The van der Waals surface area contributed by atoms with Gasteiger partial charge in [-0.25, -0.2) is 9.59 Å². The number of carbonyl (C=O) groups is 4. The van der Waals surface area contributed by atoms with Crippen LogP contribution in [0.15, 0.2) is 0 Å². The Balaban J connectivity index is 0. The first-order valence-corrected chi connectivity index (χ1v) is 6.93. The maximum Gasteiger partial charge on any atom is 0.374 e. The standard InChI is InChI=1S/C8H14O3.C7H12O3/c1-6(2)4-5-11-8(10)7(3)9;1-5(2)4-10-7(9)6(3)8/h6H,4-5H2,1-3H3;5H,4H2,1-3H3. The maximum atomic E-state index is 10.6. The van der Waals surface area contributed by atoms with Crippen molar-refractivity contribution in [2.24, 2.45) is 11.8 Å². The van der Waals surface area contributed by atoms with Crippen LogP contribution in [0, 0.1) is 11.8 Å². The molecule has 0 atom stereocenters. The molecule has 0 saturated heterocycles. The van der Waals surface area contributed by atoms with Gasteiger partial charge < -0.3 is 9.47 Å². The van der Waals surface area contributed by atoms with E-state index in [1.54, 1.807) is 0 Å². The van der Waals surface area contributed by atoms with Crippen LogP contribution in [0.25, 0.3) is 0 Å². The van der Waals surface area contributed by atoms with E-state index >= 15 is 0 Å². The van der Waals surface area contributed by atoms with Gasteiger partial charge in [-0.1, -0.05) is 27.7 Å². The summed E-state index contributed by atoms with van der Waals surface area (Å²) in [4.78, 5) is 41.7. The van der Waals surface area contributed by atoms with E-state index in [9.17, 15) is 19.2 Å². The molecule has 0 amide bonds. The lowest BCUT2D eigenvalue weighted by molar-refractivity contribution is -0.153. The molecule has 0 heterocycles. The summed E-state index contributed by atoms with van der Waals surface area (Å²) in [6.07, 6.45) is 0.805. The summed E-state index contributed by atoms with van der Waals surface area (Å²) >= 11 is 0. The summed E-state index contributed by atoms with van der Waals surface area (Å²) in [6.45, 7) is 10.9. The summed E-state index contributed by atoms with van der Waals surface area (Å²) in [7, 11) is 0. The normalized spacial score (nSPS) is 9.71. The van der Waals surface area contributed by atoms with Gasteiger partial charge >= 0.3 is 11.9 Å². The van der Waals surface area contributed by atoms with Crippen LogP contribution in [0.2, 0.25) is 0 Å². The van der Waals surface area contributed by atoms with Gasteiger partial charge in [-0.15, -0.1) is 0 Å². The van der Waals surface area contributed by atoms with Crippen molar-refractivity contribution in [2.45, 2.75) is 48.0 Å². The molecule has 0 aliphatic carbocycles. The van der Waals surface area contributed by atoms with Crippen LogP contribution in [0.4, 0.5) is 0 Å². The van der Waals surface area contributed by atoms with Gasteiger partial charge in [0.05, 0.1) is 13.2 Å². The summed E-state index contributed by atoms with van der Waals surface area (Å²) in [5, 5.41) is 0. The molecule has 6 nitrogen and oxygen atoms in total. The summed E-state index contributed by atoms with van der Waals surface area (Å²) < 4.78 is 9.20.